The van der Waals surface area contributed by atoms with Gasteiger partial charge in [-0.05, 0) is 20.8 Å². The maximum atomic E-state index is 11.5. The molecule has 0 spiro atoms. The van der Waals surface area contributed by atoms with Gasteiger partial charge in [0, 0.05) is 0 Å². The third-order valence-electron chi connectivity index (χ3n) is 1.38. The number of aliphatic hydroxyl groups excluding tert-OH is 1. The first kappa shape index (κ1) is 21.9. The zero-order valence-corrected chi connectivity index (χ0v) is 15.3. The van der Waals surface area contributed by atoms with Crippen molar-refractivity contribution in [1.29, 1.82) is 0 Å². The Morgan fingerprint density at radius 3 is 1.95 bits per heavy atom. The highest BCUT2D eigenvalue weighted by atomic mass is 33.1. The van der Waals surface area contributed by atoms with Crippen molar-refractivity contribution in [2.45, 2.75) is 26.4 Å². The Balaban J connectivity index is 3.92. The van der Waals surface area contributed by atoms with Crippen molar-refractivity contribution in [1.82, 2.24) is 0 Å². The molecule has 0 aliphatic heterocycles. The predicted octanol–water partition coefficient (Wildman–Crippen LogP) is 2.34. The van der Waals surface area contributed by atoms with E-state index in [2.05, 4.69) is 13.6 Å². The zero-order valence-electron chi connectivity index (χ0n) is 11.8. The molecule has 9 nitrogen and oxygen atoms in total. The van der Waals surface area contributed by atoms with Crippen LogP contribution in [0.15, 0.2) is 0 Å². The molecule has 0 saturated carbocycles. The van der Waals surface area contributed by atoms with E-state index in [0.29, 0.717) is 0 Å². The molecule has 0 aromatic heterocycles. The van der Waals surface area contributed by atoms with Gasteiger partial charge < -0.3 is 14.9 Å². The Morgan fingerprint density at radius 1 is 0.952 bits per heavy atom. The van der Waals surface area contributed by atoms with Crippen molar-refractivity contribution >= 4 is 37.2 Å². The molecule has 0 heterocycles. The Morgan fingerprint density at radius 2 is 1.48 bits per heavy atom. The molecule has 128 valence electrons. The van der Waals surface area contributed by atoms with Crippen molar-refractivity contribution in [3.63, 3.8) is 0 Å². The maximum absolute atomic E-state index is 11.5. The Kier molecular flexibility index (Phi) is 10.3. The van der Waals surface area contributed by atoms with Crippen molar-refractivity contribution in [3.8, 4) is 0 Å². The number of phosphoric ester groups is 2. The molecule has 0 fully saturated rings. The highest BCUT2D eigenvalue weighted by molar-refractivity contribution is 8.76. The standard InChI is InChI=1S/C8H20O9P2S2/c1-8(2,3)17-19(12,13)15-5-4-14-18(10,11)16-7-21-20-6-9/h9H,4-7H2,1-3H3,(H,10,11)(H,12,13). The van der Waals surface area contributed by atoms with E-state index in [1.54, 1.807) is 20.8 Å². The highest BCUT2D eigenvalue weighted by Gasteiger charge is 2.29. The fraction of sp³-hybridized carbons (Fsp3) is 1.00. The van der Waals surface area contributed by atoms with Gasteiger partial charge in [0.1, 0.15) is 5.94 Å². The van der Waals surface area contributed by atoms with E-state index in [0.717, 1.165) is 21.6 Å². The Hall–Kier alpha value is 0.880. The first-order valence-corrected chi connectivity index (χ1v) is 11.1. The van der Waals surface area contributed by atoms with Gasteiger partial charge in [-0.25, -0.2) is 9.13 Å². The van der Waals surface area contributed by atoms with E-state index in [4.69, 9.17) is 9.63 Å². The summed E-state index contributed by atoms with van der Waals surface area (Å²) in [6.45, 7) is 3.88. The number of hydrogen-bond acceptors (Lipinski definition) is 9. The highest BCUT2D eigenvalue weighted by Crippen LogP contribution is 2.48. The van der Waals surface area contributed by atoms with E-state index in [1.165, 1.54) is 0 Å². The third-order valence-corrected chi connectivity index (χ3v) is 5.40. The average molecular weight is 386 g/mol. The summed E-state index contributed by atoms with van der Waals surface area (Å²) in [4.78, 5) is 18.6. The molecule has 3 N–H and O–H groups in total. The van der Waals surface area contributed by atoms with Crippen LogP contribution in [0.4, 0.5) is 0 Å². The topological polar surface area (TPSA) is 132 Å². The third kappa shape index (κ3) is 14.2. The minimum Gasteiger partial charge on any atom is -0.385 e. The number of phosphoric acid groups is 2. The summed E-state index contributed by atoms with van der Waals surface area (Å²) in [7, 11) is -6.46. The molecule has 13 heteroatoms. The summed E-state index contributed by atoms with van der Waals surface area (Å²) in [5, 5.41) is 8.47. The molecule has 2 atom stereocenters. The van der Waals surface area contributed by atoms with E-state index in [9.17, 15) is 18.9 Å². The molecule has 0 amide bonds. The lowest BCUT2D eigenvalue weighted by Crippen LogP contribution is -2.18. The van der Waals surface area contributed by atoms with Crippen LogP contribution in [0.3, 0.4) is 0 Å². The van der Waals surface area contributed by atoms with Crippen LogP contribution in [-0.2, 0) is 27.2 Å². The molecule has 2 unspecified atom stereocenters. The van der Waals surface area contributed by atoms with Gasteiger partial charge in [-0.2, -0.15) is 0 Å². The van der Waals surface area contributed by atoms with Crippen molar-refractivity contribution in [2.24, 2.45) is 0 Å². The van der Waals surface area contributed by atoms with Crippen molar-refractivity contribution < 1.29 is 42.1 Å². The van der Waals surface area contributed by atoms with Gasteiger partial charge in [0.15, 0.2) is 0 Å². The number of aliphatic hydroxyl groups is 1. The second-order valence-electron chi connectivity index (χ2n) is 4.42. The Labute approximate surface area is 131 Å². The summed E-state index contributed by atoms with van der Waals surface area (Å²) in [6, 6.07) is 0. The van der Waals surface area contributed by atoms with Gasteiger partial charge in [-0.1, -0.05) is 21.6 Å². The van der Waals surface area contributed by atoms with Gasteiger partial charge in [0.25, 0.3) is 0 Å². The van der Waals surface area contributed by atoms with Gasteiger partial charge in [0.2, 0.25) is 0 Å². The molecular formula is C8H20O9P2S2. The average Bonchev–Trinajstić information content (AvgIpc) is 2.27. The molecule has 0 bridgehead atoms. The quantitative estimate of drug-likeness (QED) is 0.209. The summed E-state index contributed by atoms with van der Waals surface area (Å²) in [5.41, 5.74) is -0.873. The molecule has 0 aliphatic rings. The summed E-state index contributed by atoms with van der Waals surface area (Å²) in [6.07, 6.45) is 0. The molecule has 0 saturated heterocycles. The van der Waals surface area contributed by atoms with Crippen LogP contribution in [0.5, 0.6) is 0 Å². The summed E-state index contributed by atoms with van der Waals surface area (Å²) in [5.74, 6) is -0.316. The van der Waals surface area contributed by atoms with E-state index in [-0.39, 0.29) is 11.9 Å². The first-order chi connectivity index (χ1) is 9.47. The minimum absolute atomic E-state index is 0.155. The van der Waals surface area contributed by atoms with Crippen LogP contribution < -0.4 is 0 Å². The molecule has 0 rings (SSSR count). The van der Waals surface area contributed by atoms with Gasteiger partial charge in [-0.3, -0.25) is 18.1 Å². The van der Waals surface area contributed by atoms with Crippen LogP contribution in [0.2, 0.25) is 0 Å². The predicted molar refractivity (Wildman–Crippen MR) is 80.6 cm³/mol. The van der Waals surface area contributed by atoms with Crippen molar-refractivity contribution in [2.75, 3.05) is 25.1 Å². The monoisotopic (exact) mass is 386 g/mol. The molecule has 0 aromatic carbocycles. The summed E-state index contributed by atoms with van der Waals surface area (Å²) < 4.78 is 41.2. The lowest BCUT2D eigenvalue weighted by atomic mass is 10.2. The minimum atomic E-state index is -4.26. The Bertz CT molecular complexity index is 386. The molecule has 0 aromatic rings. The second kappa shape index (κ2) is 9.89. The lowest BCUT2D eigenvalue weighted by molar-refractivity contribution is 0.0521. The largest absolute Gasteiger partial charge is 0.473 e. The van der Waals surface area contributed by atoms with E-state index >= 15 is 0 Å². The van der Waals surface area contributed by atoms with Crippen LogP contribution in [0.1, 0.15) is 20.8 Å². The molecular weight excluding hydrogens is 366 g/mol. The number of hydrogen-bond donors (Lipinski definition) is 3. The molecule has 0 radical (unpaired) electrons. The van der Waals surface area contributed by atoms with Gasteiger partial charge in [-0.15, -0.1) is 0 Å². The van der Waals surface area contributed by atoms with Crippen LogP contribution in [-0.4, -0.2) is 45.6 Å². The van der Waals surface area contributed by atoms with Crippen LogP contribution in [0.25, 0.3) is 0 Å². The van der Waals surface area contributed by atoms with Crippen LogP contribution in [0, 0.1) is 0 Å². The normalized spacial score (nSPS) is 18.2. The first-order valence-electron chi connectivity index (χ1n) is 5.63. The fourth-order valence-electron chi connectivity index (χ4n) is 0.874. The van der Waals surface area contributed by atoms with Crippen LogP contribution >= 0.6 is 37.2 Å². The maximum Gasteiger partial charge on any atom is 0.473 e. The fourth-order valence-corrected chi connectivity index (χ4v) is 3.97. The van der Waals surface area contributed by atoms with Crippen molar-refractivity contribution in [3.05, 3.63) is 0 Å². The summed E-state index contributed by atoms with van der Waals surface area (Å²) >= 11 is 0. The van der Waals surface area contributed by atoms with E-state index in [1.807, 2.05) is 0 Å². The van der Waals surface area contributed by atoms with Gasteiger partial charge in [0.05, 0.1) is 24.8 Å². The zero-order chi connectivity index (χ0) is 16.6. The second-order valence-corrected chi connectivity index (χ2v) is 9.63. The lowest BCUT2D eigenvalue weighted by Gasteiger charge is -2.22. The van der Waals surface area contributed by atoms with E-state index < -0.39 is 34.5 Å². The molecule has 21 heavy (non-hydrogen) atoms. The van der Waals surface area contributed by atoms with Gasteiger partial charge >= 0.3 is 15.6 Å². The number of rotatable bonds is 11. The smallest absolute Gasteiger partial charge is 0.385 e. The SMILES string of the molecule is CC(C)(C)OP(=O)(O)OCCOP(=O)(O)OCSSCO. The molecule has 0 aliphatic carbocycles.